The van der Waals surface area contributed by atoms with Crippen LogP contribution in [0.2, 0.25) is 0 Å². The summed E-state index contributed by atoms with van der Waals surface area (Å²) in [5.41, 5.74) is 0.242. The van der Waals surface area contributed by atoms with Gasteiger partial charge >= 0.3 is 0 Å². The van der Waals surface area contributed by atoms with Gasteiger partial charge in [0.25, 0.3) is 5.56 Å². The number of furan rings is 1. The first-order valence-electron chi connectivity index (χ1n) is 9.27. The zero-order chi connectivity index (χ0) is 23.0. The van der Waals surface area contributed by atoms with Crippen LogP contribution in [-0.2, 0) is 17.1 Å². The van der Waals surface area contributed by atoms with Gasteiger partial charge in [0.2, 0.25) is 15.9 Å². The fraction of sp³-hybridized carbons (Fsp3) is 0.150. The maximum absolute atomic E-state index is 14.2. The predicted octanol–water partition coefficient (Wildman–Crippen LogP) is 3.42. The third-order valence-electron chi connectivity index (χ3n) is 4.58. The fourth-order valence-electron chi connectivity index (χ4n) is 2.98. The summed E-state index contributed by atoms with van der Waals surface area (Å²) in [4.78, 5) is 12.4. The van der Waals surface area contributed by atoms with Crippen LogP contribution < -0.4 is 15.0 Å². The Morgan fingerprint density at radius 1 is 1.16 bits per heavy atom. The highest BCUT2D eigenvalue weighted by molar-refractivity contribution is 7.92. The Morgan fingerprint density at radius 2 is 1.94 bits per heavy atom. The van der Waals surface area contributed by atoms with Crippen LogP contribution in [0, 0.1) is 11.6 Å². The number of anilines is 1. The van der Waals surface area contributed by atoms with Crippen molar-refractivity contribution in [3.8, 4) is 22.8 Å². The highest BCUT2D eigenvalue weighted by atomic mass is 32.2. The lowest BCUT2D eigenvalue weighted by molar-refractivity contribution is 0.420. The summed E-state index contributed by atoms with van der Waals surface area (Å²) in [5, 5.41) is 8.09. The molecular weight excluding hydrogens is 446 g/mol. The number of hydrogen-bond acceptors (Lipinski definition) is 7. The van der Waals surface area contributed by atoms with E-state index < -0.39 is 27.2 Å². The van der Waals surface area contributed by atoms with E-state index in [-0.39, 0.29) is 34.3 Å². The van der Waals surface area contributed by atoms with Crippen LogP contribution in [0.1, 0.15) is 6.92 Å². The van der Waals surface area contributed by atoms with Gasteiger partial charge < -0.3 is 13.7 Å². The molecule has 4 aromatic rings. The third-order valence-corrected chi connectivity index (χ3v) is 5.86. The summed E-state index contributed by atoms with van der Waals surface area (Å²) in [6.45, 7) is 1.45. The van der Waals surface area contributed by atoms with E-state index in [0.717, 1.165) is 12.1 Å². The number of benzene rings is 1. The molecule has 166 valence electrons. The zero-order valence-corrected chi connectivity index (χ0v) is 17.6. The molecule has 0 aliphatic heterocycles. The Labute approximate surface area is 180 Å². The number of halogens is 2. The van der Waals surface area contributed by atoms with Gasteiger partial charge in [0.15, 0.2) is 23.0 Å². The third kappa shape index (κ3) is 4.04. The molecule has 0 saturated carbocycles. The minimum absolute atomic E-state index is 0.0522. The number of nitrogens with zero attached hydrogens (tertiary/aromatic N) is 3. The number of sulfonamides is 1. The molecule has 3 heterocycles. The van der Waals surface area contributed by atoms with Gasteiger partial charge in [0, 0.05) is 30.3 Å². The first kappa shape index (κ1) is 21.4. The van der Waals surface area contributed by atoms with Gasteiger partial charge in [-0.15, -0.1) is 10.2 Å². The standard InChI is InChI=1S/C20H16F2N4O5S/c1-3-32(28,29)25-17-9-13(14-10-26(2)20(27)18-12(14)6-7-30-18)19(24-23-17)31-16-5-4-11(21)8-15(16)22/h4-10H,3H2,1-2H3,(H,23,25). The maximum Gasteiger partial charge on any atom is 0.293 e. The van der Waals surface area contributed by atoms with Crippen molar-refractivity contribution >= 4 is 26.8 Å². The molecule has 0 unspecified atom stereocenters. The zero-order valence-electron chi connectivity index (χ0n) is 16.8. The van der Waals surface area contributed by atoms with Crippen molar-refractivity contribution in [1.82, 2.24) is 14.8 Å². The molecule has 0 saturated heterocycles. The molecule has 4 rings (SSSR count). The lowest BCUT2D eigenvalue weighted by Gasteiger charge is -2.13. The molecule has 9 nitrogen and oxygen atoms in total. The van der Waals surface area contributed by atoms with E-state index in [0.29, 0.717) is 17.0 Å². The fourth-order valence-corrected chi connectivity index (χ4v) is 3.54. The van der Waals surface area contributed by atoms with E-state index in [1.807, 2.05) is 0 Å². The highest BCUT2D eigenvalue weighted by Crippen LogP contribution is 2.37. The second kappa shape index (κ2) is 8.04. The second-order valence-corrected chi connectivity index (χ2v) is 8.76. The van der Waals surface area contributed by atoms with Gasteiger partial charge in [-0.1, -0.05) is 0 Å². The monoisotopic (exact) mass is 462 g/mol. The van der Waals surface area contributed by atoms with Crippen molar-refractivity contribution in [3.63, 3.8) is 0 Å². The molecule has 0 aliphatic rings. The van der Waals surface area contributed by atoms with Crippen LogP contribution in [0.5, 0.6) is 11.6 Å². The van der Waals surface area contributed by atoms with Crippen LogP contribution in [0.15, 0.2) is 52.0 Å². The van der Waals surface area contributed by atoms with Crippen molar-refractivity contribution in [2.45, 2.75) is 6.92 Å². The molecular formula is C20H16F2N4O5S. The van der Waals surface area contributed by atoms with Crippen LogP contribution in [0.3, 0.4) is 0 Å². The molecule has 0 amide bonds. The molecule has 0 atom stereocenters. The highest BCUT2D eigenvalue weighted by Gasteiger charge is 2.20. The number of ether oxygens (including phenoxy) is 1. The Balaban J connectivity index is 1.93. The summed E-state index contributed by atoms with van der Waals surface area (Å²) in [7, 11) is -2.17. The summed E-state index contributed by atoms with van der Waals surface area (Å²) in [6, 6.07) is 5.62. The quantitative estimate of drug-likeness (QED) is 0.467. The molecule has 0 bridgehead atoms. The molecule has 0 spiro atoms. The average Bonchev–Trinajstić information content (AvgIpc) is 3.24. The average molecular weight is 462 g/mol. The summed E-state index contributed by atoms with van der Waals surface area (Å²) >= 11 is 0. The van der Waals surface area contributed by atoms with Gasteiger partial charge in [0.05, 0.1) is 17.6 Å². The van der Waals surface area contributed by atoms with Gasteiger partial charge in [-0.2, -0.15) is 0 Å². The van der Waals surface area contributed by atoms with Gasteiger partial charge in [0.1, 0.15) is 5.82 Å². The lowest BCUT2D eigenvalue weighted by atomic mass is 10.1. The first-order valence-corrected chi connectivity index (χ1v) is 10.9. The summed E-state index contributed by atoms with van der Waals surface area (Å²) in [5.74, 6) is -2.59. The topological polar surface area (TPSA) is 116 Å². The summed E-state index contributed by atoms with van der Waals surface area (Å²) < 4.78 is 65.8. The number of fused-ring (bicyclic) bond motifs is 1. The van der Waals surface area contributed by atoms with Crippen molar-refractivity contribution in [3.05, 3.63) is 64.8 Å². The first-order chi connectivity index (χ1) is 15.2. The van der Waals surface area contributed by atoms with Crippen molar-refractivity contribution in [2.24, 2.45) is 7.05 Å². The van der Waals surface area contributed by atoms with E-state index in [4.69, 9.17) is 9.15 Å². The SMILES string of the molecule is CCS(=O)(=O)Nc1cc(-c2cn(C)c(=O)c3occc23)c(Oc2ccc(F)cc2F)nn1. The van der Waals surface area contributed by atoms with E-state index in [2.05, 4.69) is 14.9 Å². The summed E-state index contributed by atoms with van der Waals surface area (Å²) in [6.07, 6.45) is 2.80. The molecule has 1 N–H and O–H groups in total. The smallest absolute Gasteiger partial charge is 0.293 e. The van der Waals surface area contributed by atoms with Crippen LogP contribution in [-0.4, -0.2) is 28.9 Å². The number of aryl methyl sites for hydroxylation is 1. The molecule has 0 radical (unpaired) electrons. The van der Waals surface area contributed by atoms with Crippen LogP contribution in [0.25, 0.3) is 22.1 Å². The maximum atomic E-state index is 14.2. The van der Waals surface area contributed by atoms with Gasteiger partial charge in [-0.05, 0) is 31.2 Å². The Hall–Kier alpha value is -3.80. The number of nitrogens with one attached hydrogen (secondary N) is 1. The minimum Gasteiger partial charge on any atom is -0.458 e. The van der Waals surface area contributed by atoms with Crippen LogP contribution in [0.4, 0.5) is 14.6 Å². The minimum atomic E-state index is -3.67. The largest absolute Gasteiger partial charge is 0.458 e. The molecule has 3 aromatic heterocycles. The van der Waals surface area contributed by atoms with Crippen molar-refractivity contribution in [2.75, 3.05) is 10.5 Å². The molecule has 0 fully saturated rings. The second-order valence-electron chi connectivity index (χ2n) is 6.75. The lowest BCUT2D eigenvalue weighted by Crippen LogP contribution is -2.17. The van der Waals surface area contributed by atoms with E-state index in [1.54, 1.807) is 6.07 Å². The van der Waals surface area contributed by atoms with Gasteiger partial charge in [-0.25, -0.2) is 17.2 Å². The molecule has 12 heteroatoms. The number of rotatable bonds is 6. The van der Waals surface area contributed by atoms with Crippen LogP contribution >= 0.6 is 0 Å². The Kier molecular flexibility index (Phi) is 5.38. The van der Waals surface area contributed by atoms with E-state index >= 15 is 0 Å². The van der Waals surface area contributed by atoms with Gasteiger partial charge in [-0.3, -0.25) is 9.52 Å². The molecule has 1 aromatic carbocycles. The Morgan fingerprint density at radius 3 is 2.66 bits per heavy atom. The van der Waals surface area contributed by atoms with E-state index in [1.165, 1.54) is 37.1 Å². The predicted molar refractivity (Wildman–Crippen MR) is 112 cm³/mol. The normalized spacial score (nSPS) is 11.6. The Bertz CT molecular complexity index is 1500. The van der Waals surface area contributed by atoms with Crippen molar-refractivity contribution in [1.29, 1.82) is 0 Å². The van der Waals surface area contributed by atoms with E-state index in [9.17, 15) is 22.0 Å². The number of hydrogen-bond donors (Lipinski definition) is 1. The number of aromatic nitrogens is 3. The number of pyridine rings is 1. The molecule has 0 aliphatic carbocycles. The van der Waals surface area contributed by atoms with Crippen molar-refractivity contribution < 1.29 is 26.4 Å². The molecule has 32 heavy (non-hydrogen) atoms.